The Morgan fingerprint density at radius 1 is 1.06 bits per heavy atom. The van der Waals surface area contributed by atoms with Gasteiger partial charge in [0.25, 0.3) is 0 Å². The predicted octanol–water partition coefficient (Wildman–Crippen LogP) is 4.35. The molecule has 0 fully saturated rings. The van der Waals surface area contributed by atoms with Crippen LogP contribution >= 0.6 is 0 Å². The van der Waals surface area contributed by atoms with Gasteiger partial charge in [-0.25, -0.2) is 0 Å². The van der Waals surface area contributed by atoms with E-state index in [1.165, 1.54) is 38.5 Å². The Labute approximate surface area is 111 Å². The first-order chi connectivity index (χ1) is 8.79. The Morgan fingerprint density at radius 3 is 2.44 bits per heavy atom. The summed E-state index contributed by atoms with van der Waals surface area (Å²) in [6.45, 7) is 3.28. The van der Waals surface area contributed by atoms with Crippen LogP contribution in [0.2, 0.25) is 0 Å². The highest BCUT2D eigenvalue weighted by molar-refractivity contribution is 5.58. The fourth-order valence-corrected chi connectivity index (χ4v) is 2.15. The van der Waals surface area contributed by atoms with Crippen LogP contribution in [0.5, 0.6) is 0 Å². The zero-order chi connectivity index (χ0) is 13.2. The van der Waals surface area contributed by atoms with Crippen molar-refractivity contribution >= 4 is 5.69 Å². The number of hydrogen-bond donors (Lipinski definition) is 0. The summed E-state index contributed by atoms with van der Waals surface area (Å²) in [5.41, 5.74) is 1.82. The zero-order valence-corrected chi connectivity index (χ0v) is 11.7. The zero-order valence-electron chi connectivity index (χ0n) is 11.7. The maximum Gasteiger partial charge on any atom is 0.101 e. The third-order valence-electron chi connectivity index (χ3n) is 3.28. The van der Waals surface area contributed by atoms with Crippen molar-refractivity contribution in [3.63, 3.8) is 0 Å². The lowest BCUT2D eigenvalue weighted by Gasteiger charge is -2.20. The lowest BCUT2D eigenvalue weighted by molar-refractivity contribution is 0.606. The fraction of sp³-hybridized carbons (Fsp3) is 0.562. The van der Waals surface area contributed by atoms with Gasteiger partial charge in [0.2, 0.25) is 0 Å². The van der Waals surface area contributed by atoms with Crippen LogP contribution < -0.4 is 4.90 Å². The fourth-order valence-electron chi connectivity index (χ4n) is 2.15. The van der Waals surface area contributed by atoms with Crippen molar-refractivity contribution in [1.29, 1.82) is 5.26 Å². The highest BCUT2D eigenvalue weighted by Gasteiger charge is 2.05. The molecule has 0 aliphatic rings. The number of anilines is 1. The topological polar surface area (TPSA) is 27.0 Å². The number of nitrogens with zero attached hydrogens (tertiary/aromatic N) is 2. The molecule has 2 nitrogen and oxygen atoms in total. The van der Waals surface area contributed by atoms with Crippen LogP contribution in [0.3, 0.4) is 0 Å². The quantitative estimate of drug-likeness (QED) is 0.635. The van der Waals surface area contributed by atoms with Gasteiger partial charge in [0, 0.05) is 13.6 Å². The molecule has 0 saturated heterocycles. The molecule has 0 aromatic heterocycles. The molecule has 0 aliphatic carbocycles. The predicted molar refractivity (Wildman–Crippen MR) is 77.8 cm³/mol. The van der Waals surface area contributed by atoms with Gasteiger partial charge in [-0.05, 0) is 18.6 Å². The first-order valence-corrected chi connectivity index (χ1v) is 7.00. The molecule has 0 bridgehead atoms. The van der Waals surface area contributed by atoms with Gasteiger partial charge in [0.1, 0.15) is 6.07 Å². The maximum atomic E-state index is 9.06. The van der Waals surface area contributed by atoms with Gasteiger partial charge in [-0.2, -0.15) is 5.26 Å². The minimum Gasteiger partial charge on any atom is -0.374 e. The number of rotatable bonds is 8. The number of para-hydroxylation sites is 1. The van der Waals surface area contributed by atoms with E-state index in [4.69, 9.17) is 5.26 Å². The molecule has 1 aromatic rings. The second-order valence-electron chi connectivity index (χ2n) is 4.82. The summed E-state index contributed by atoms with van der Waals surface area (Å²) in [4.78, 5) is 2.19. The minimum atomic E-state index is 0.769. The Morgan fingerprint density at radius 2 is 1.72 bits per heavy atom. The molecule has 1 aromatic carbocycles. The van der Waals surface area contributed by atoms with E-state index in [1.807, 2.05) is 24.3 Å². The van der Waals surface area contributed by atoms with E-state index in [2.05, 4.69) is 24.9 Å². The highest BCUT2D eigenvalue weighted by atomic mass is 15.1. The van der Waals surface area contributed by atoms with E-state index in [9.17, 15) is 0 Å². The van der Waals surface area contributed by atoms with Crippen LogP contribution in [0.1, 0.15) is 51.0 Å². The molecule has 0 atom stereocenters. The van der Waals surface area contributed by atoms with Gasteiger partial charge in [0.05, 0.1) is 11.3 Å². The van der Waals surface area contributed by atoms with E-state index < -0.39 is 0 Å². The normalized spacial score (nSPS) is 10.1. The highest BCUT2D eigenvalue weighted by Crippen LogP contribution is 2.18. The van der Waals surface area contributed by atoms with E-state index >= 15 is 0 Å². The summed E-state index contributed by atoms with van der Waals surface area (Å²) >= 11 is 0. The van der Waals surface area contributed by atoms with Crippen LogP contribution in [-0.4, -0.2) is 13.6 Å². The van der Waals surface area contributed by atoms with E-state index in [1.54, 1.807) is 0 Å². The molecule has 0 heterocycles. The van der Waals surface area contributed by atoms with Crippen molar-refractivity contribution < 1.29 is 0 Å². The summed E-state index contributed by atoms with van der Waals surface area (Å²) in [7, 11) is 2.07. The van der Waals surface area contributed by atoms with Crippen molar-refractivity contribution in [3.8, 4) is 6.07 Å². The number of benzene rings is 1. The van der Waals surface area contributed by atoms with Gasteiger partial charge in [0.15, 0.2) is 0 Å². The average molecular weight is 244 g/mol. The summed E-state index contributed by atoms with van der Waals surface area (Å²) in [5.74, 6) is 0. The summed E-state index contributed by atoms with van der Waals surface area (Å²) in [6.07, 6.45) is 7.85. The molecule has 0 N–H and O–H groups in total. The molecule has 0 radical (unpaired) electrons. The third-order valence-corrected chi connectivity index (χ3v) is 3.28. The lowest BCUT2D eigenvalue weighted by Crippen LogP contribution is -2.19. The average Bonchev–Trinajstić information content (AvgIpc) is 2.42. The molecular formula is C16H24N2. The first kappa shape index (κ1) is 14.6. The van der Waals surface area contributed by atoms with Gasteiger partial charge in [-0.3, -0.25) is 0 Å². The molecule has 0 aliphatic heterocycles. The lowest BCUT2D eigenvalue weighted by atomic mass is 10.1. The van der Waals surface area contributed by atoms with Crippen LogP contribution in [0.25, 0.3) is 0 Å². The van der Waals surface area contributed by atoms with Crippen LogP contribution in [0.4, 0.5) is 5.69 Å². The molecule has 18 heavy (non-hydrogen) atoms. The standard InChI is InChI=1S/C16H24N2/c1-3-4-5-6-7-10-13-18(2)16-12-9-8-11-15(16)14-17/h8-9,11-12H,3-7,10,13H2,1-2H3. The Hall–Kier alpha value is -1.49. The van der Waals surface area contributed by atoms with Crippen LogP contribution in [-0.2, 0) is 0 Å². The Balaban J connectivity index is 2.32. The van der Waals surface area contributed by atoms with Crippen molar-refractivity contribution in [1.82, 2.24) is 0 Å². The summed E-state index contributed by atoms with van der Waals surface area (Å²) in [6, 6.07) is 10.1. The van der Waals surface area contributed by atoms with Gasteiger partial charge in [-0.1, -0.05) is 51.2 Å². The van der Waals surface area contributed by atoms with E-state index in [0.717, 1.165) is 17.8 Å². The largest absolute Gasteiger partial charge is 0.374 e. The molecule has 0 spiro atoms. The molecule has 98 valence electrons. The number of nitriles is 1. The second-order valence-corrected chi connectivity index (χ2v) is 4.82. The molecule has 0 amide bonds. The smallest absolute Gasteiger partial charge is 0.101 e. The Bertz CT molecular complexity index is 379. The molecule has 0 unspecified atom stereocenters. The summed E-state index contributed by atoms with van der Waals surface area (Å²) in [5, 5.41) is 9.06. The Kier molecular flexibility index (Phi) is 6.94. The monoisotopic (exact) mass is 244 g/mol. The van der Waals surface area contributed by atoms with Crippen molar-refractivity contribution in [3.05, 3.63) is 29.8 Å². The van der Waals surface area contributed by atoms with E-state index in [-0.39, 0.29) is 0 Å². The van der Waals surface area contributed by atoms with E-state index in [0.29, 0.717) is 0 Å². The second kappa shape index (κ2) is 8.58. The molecular weight excluding hydrogens is 220 g/mol. The first-order valence-electron chi connectivity index (χ1n) is 7.00. The summed E-state index contributed by atoms with van der Waals surface area (Å²) < 4.78 is 0. The van der Waals surface area contributed by atoms with Gasteiger partial charge in [-0.15, -0.1) is 0 Å². The van der Waals surface area contributed by atoms with Gasteiger partial charge < -0.3 is 4.90 Å². The minimum absolute atomic E-state index is 0.769. The number of unbranched alkanes of at least 4 members (excludes halogenated alkanes) is 5. The molecule has 0 saturated carbocycles. The van der Waals surface area contributed by atoms with Crippen LogP contribution in [0.15, 0.2) is 24.3 Å². The van der Waals surface area contributed by atoms with Crippen molar-refractivity contribution in [2.75, 3.05) is 18.5 Å². The molecule has 2 heteroatoms. The third kappa shape index (κ3) is 4.79. The number of hydrogen-bond acceptors (Lipinski definition) is 2. The van der Waals surface area contributed by atoms with Crippen molar-refractivity contribution in [2.45, 2.75) is 45.4 Å². The maximum absolute atomic E-state index is 9.06. The molecule has 1 rings (SSSR count). The van der Waals surface area contributed by atoms with Crippen molar-refractivity contribution in [2.24, 2.45) is 0 Å². The van der Waals surface area contributed by atoms with Crippen LogP contribution in [0, 0.1) is 11.3 Å². The SMILES string of the molecule is CCCCCCCCN(C)c1ccccc1C#N. The van der Waals surface area contributed by atoms with Gasteiger partial charge >= 0.3 is 0 Å².